The summed E-state index contributed by atoms with van der Waals surface area (Å²) < 4.78 is 5.19. The molecule has 11 heavy (non-hydrogen) atoms. The third-order valence-electron chi connectivity index (χ3n) is 1.50. The van der Waals surface area contributed by atoms with Crippen LogP contribution in [0, 0.1) is 0 Å². The minimum absolute atomic E-state index is 0.910. The van der Waals surface area contributed by atoms with Crippen LogP contribution in [0.1, 0.15) is 13.8 Å². The molecule has 1 aliphatic rings. The predicted octanol–water partition coefficient (Wildman–Crippen LogP) is 1.74. The first-order valence-corrected chi connectivity index (χ1v) is 5.41. The molecule has 2 nitrogen and oxygen atoms in total. The molecule has 1 aliphatic heterocycles. The number of hydrogen-bond acceptors (Lipinski definition) is 2. The van der Waals surface area contributed by atoms with Gasteiger partial charge in [-0.25, -0.2) is 0 Å². The van der Waals surface area contributed by atoms with Crippen molar-refractivity contribution in [2.24, 2.45) is 0 Å². The second kappa shape index (κ2) is 8.50. The van der Waals surface area contributed by atoms with Gasteiger partial charge in [-0.2, -0.15) is 0 Å². The molecule has 0 atom stereocenters. The Hall–Kier alpha value is 0.400. The molecule has 0 saturated carbocycles. The van der Waals surface area contributed by atoms with Crippen LogP contribution in [-0.4, -0.2) is 43.1 Å². The summed E-state index contributed by atoms with van der Waals surface area (Å²) in [5.41, 5.74) is 0. The lowest BCUT2D eigenvalue weighted by Crippen LogP contribution is -2.37. The van der Waals surface area contributed by atoms with Crippen LogP contribution in [0.3, 0.4) is 0 Å². The maximum absolute atomic E-state index is 5.19. The van der Waals surface area contributed by atoms with Gasteiger partial charge in [0.05, 0.1) is 13.2 Å². The fourth-order valence-corrected chi connectivity index (χ4v) is 1.45. The maximum atomic E-state index is 5.19. The lowest BCUT2D eigenvalue weighted by Gasteiger charge is -2.25. The van der Waals surface area contributed by atoms with Crippen LogP contribution in [-0.2, 0) is 4.74 Å². The number of nitrogens with zero attached hydrogens (tertiary/aromatic N) is 1. The zero-order valence-corrected chi connectivity index (χ0v) is 9.06. The van der Waals surface area contributed by atoms with Crippen molar-refractivity contribution in [2.75, 3.05) is 38.2 Å². The molecular weight excluding hydrogens is 206 g/mol. The number of rotatable bonds is 2. The summed E-state index contributed by atoms with van der Waals surface area (Å²) in [5.74, 6) is 0. The van der Waals surface area contributed by atoms with Gasteiger partial charge in [0.15, 0.2) is 0 Å². The van der Waals surface area contributed by atoms with E-state index in [0.29, 0.717) is 0 Å². The molecule has 1 heterocycles. The monoisotopic (exact) mass is 223 g/mol. The molecule has 0 unspecified atom stereocenters. The minimum atomic E-state index is 0.910. The summed E-state index contributed by atoms with van der Waals surface area (Å²) in [6.07, 6.45) is 0. The number of ether oxygens (including phenoxy) is 1. The van der Waals surface area contributed by atoms with Gasteiger partial charge in [0, 0.05) is 25.0 Å². The zero-order valence-electron chi connectivity index (χ0n) is 7.48. The molecule has 0 aliphatic carbocycles. The van der Waals surface area contributed by atoms with Gasteiger partial charge >= 0.3 is 0 Å². The summed E-state index contributed by atoms with van der Waals surface area (Å²) >= 11 is 3.40. The summed E-state index contributed by atoms with van der Waals surface area (Å²) in [5, 5.41) is 1.08. The van der Waals surface area contributed by atoms with Gasteiger partial charge < -0.3 is 4.74 Å². The van der Waals surface area contributed by atoms with E-state index in [-0.39, 0.29) is 0 Å². The van der Waals surface area contributed by atoms with Crippen molar-refractivity contribution in [1.29, 1.82) is 0 Å². The van der Waals surface area contributed by atoms with Crippen LogP contribution in [0.4, 0.5) is 0 Å². The highest BCUT2D eigenvalue weighted by molar-refractivity contribution is 9.09. The Morgan fingerprint density at radius 3 is 2.27 bits per heavy atom. The van der Waals surface area contributed by atoms with E-state index in [2.05, 4.69) is 20.8 Å². The van der Waals surface area contributed by atoms with Crippen molar-refractivity contribution < 1.29 is 4.74 Å². The standard InChI is InChI=1S/C6H12BrNO.C2H6/c7-1-2-8-3-5-9-6-4-8;1-2/h1-6H2;1-2H3. The van der Waals surface area contributed by atoms with E-state index in [9.17, 15) is 0 Å². The summed E-state index contributed by atoms with van der Waals surface area (Å²) in [6.45, 7) is 9.18. The third-order valence-corrected chi connectivity index (χ3v) is 1.86. The molecule has 0 radical (unpaired) electrons. The van der Waals surface area contributed by atoms with Crippen LogP contribution in [0.25, 0.3) is 0 Å². The first-order valence-electron chi connectivity index (χ1n) is 4.29. The van der Waals surface area contributed by atoms with Gasteiger partial charge in [0.25, 0.3) is 0 Å². The molecule has 68 valence electrons. The average molecular weight is 224 g/mol. The van der Waals surface area contributed by atoms with Gasteiger partial charge in [-0.3, -0.25) is 4.90 Å². The lowest BCUT2D eigenvalue weighted by atomic mass is 10.4. The predicted molar refractivity (Wildman–Crippen MR) is 52.4 cm³/mol. The highest BCUT2D eigenvalue weighted by Crippen LogP contribution is 1.96. The van der Waals surface area contributed by atoms with E-state index in [0.717, 1.165) is 38.2 Å². The molecule has 0 N–H and O–H groups in total. The van der Waals surface area contributed by atoms with Crippen molar-refractivity contribution in [3.05, 3.63) is 0 Å². The van der Waals surface area contributed by atoms with E-state index < -0.39 is 0 Å². The van der Waals surface area contributed by atoms with Crippen LogP contribution in [0.2, 0.25) is 0 Å². The Morgan fingerprint density at radius 2 is 1.82 bits per heavy atom. The second-order valence-corrected chi connectivity index (χ2v) is 2.94. The molecule has 0 aromatic carbocycles. The molecule has 1 saturated heterocycles. The van der Waals surface area contributed by atoms with Gasteiger partial charge in [0.2, 0.25) is 0 Å². The topological polar surface area (TPSA) is 12.5 Å². The SMILES string of the molecule is BrCCN1CCOCC1.CC. The number of halogens is 1. The van der Waals surface area contributed by atoms with E-state index in [1.54, 1.807) is 0 Å². The Kier molecular flexibility index (Phi) is 8.81. The Bertz CT molecular complexity index is 71.7. The van der Waals surface area contributed by atoms with Gasteiger partial charge in [0.1, 0.15) is 0 Å². The van der Waals surface area contributed by atoms with Crippen molar-refractivity contribution in [3.8, 4) is 0 Å². The van der Waals surface area contributed by atoms with Crippen LogP contribution >= 0.6 is 15.9 Å². The highest BCUT2D eigenvalue weighted by Gasteiger charge is 2.07. The number of alkyl halides is 1. The Labute approximate surface area is 78.0 Å². The average Bonchev–Trinajstić information content (AvgIpc) is 2.11. The van der Waals surface area contributed by atoms with E-state index >= 15 is 0 Å². The normalized spacial score (nSPS) is 18.8. The van der Waals surface area contributed by atoms with Crippen molar-refractivity contribution in [1.82, 2.24) is 4.90 Å². The lowest BCUT2D eigenvalue weighted by molar-refractivity contribution is 0.0411. The van der Waals surface area contributed by atoms with Crippen molar-refractivity contribution in [3.63, 3.8) is 0 Å². The quantitative estimate of drug-likeness (QED) is 0.662. The molecule has 0 bridgehead atoms. The van der Waals surface area contributed by atoms with E-state index in [4.69, 9.17) is 4.74 Å². The summed E-state index contributed by atoms with van der Waals surface area (Å²) in [7, 11) is 0. The van der Waals surface area contributed by atoms with Crippen molar-refractivity contribution in [2.45, 2.75) is 13.8 Å². The fourth-order valence-electron chi connectivity index (χ4n) is 0.944. The summed E-state index contributed by atoms with van der Waals surface area (Å²) in [6, 6.07) is 0. The Morgan fingerprint density at radius 1 is 1.27 bits per heavy atom. The van der Waals surface area contributed by atoms with E-state index in [1.165, 1.54) is 0 Å². The van der Waals surface area contributed by atoms with Crippen LogP contribution < -0.4 is 0 Å². The molecule has 0 aromatic rings. The molecule has 0 spiro atoms. The molecule has 1 fully saturated rings. The molecule has 0 aromatic heterocycles. The fraction of sp³-hybridized carbons (Fsp3) is 1.00. The molecule has 3 heteroatoms. The largest absolute Gasteiger partial charge is 0.379 e. The van der Waals surface area contributed by atoms with Gasteiger partial charge in [-0.05, 0) is 0 Å². The van der Waals surface area contributed by atoms with Gasteiger partial charge in [-0.1, -0.05) is 29.8 Å². The first-order chi connectivity index (χ1) is 5.43. The Balaban J connectivity index is 0.000000461. The minimum Gasteiger partial charge on any atom is -0.379 e. The molecular formula is C8H18BrNO. The molecule has 1 rings (SSSR count). The molecule has 0 amide bonds. The maximum Gasteiger partial charge on any atom is 0.0594 e. The summed E-state index contributed by atoms with van der Waals surface area (Å²) in [4.78, 5) is 2.40. The second-order valence-electron chi connectivity index (χ2n) is 2.14. The van der Waals surface area contributed by atoms with Gasteiger partial charge in [-0.15, -0.1) is 0 Å². The third kappa shape index (κ3) is 5.65. The van der Waals surface area contributed by atoms with Crippen LogP contribution in [0.5, 0.6) is 0 Å². The van der Waals surface area contributed by atoms with Crippen molar-refractivity contribution >= 4 is 15.9 Å². The zero-order chi connectivity index (χ0) is 8.53. The first kappa shape index (κ1) is 11.4. The van der Waals surface area contributed by atoms with Crippen LogP contribution in [0.15, 0.2) is 0 Å². The smallest absolute Gasteiger partial charge is 0.0594 e. The number of hydrogen-bond donors (Lipinski definition) is 0. The highest BCUT2D eigenvalue weighted by atomic mass is 79.9. The number of morpholine rings is 1. The van der Waals surface area contributed by atoms with E-state index in [1.807, 2.05) is 13.8 Å².